The number of nitrogens with one attached hydrogen (secondary N) is 5. The van der Waals surface area contributed by atoms with E-state index in [4.69, 9.17) is 0 Å². The summed E-state index contributed by atoms with van der Waals surface area (Å²) in [5, 5.41) is 13.7. The van der Waals surface area contributed by atoms with E-state index in [0.717, 1.165) is 19.3 Å². The molecule has 0 aromatic carbocycles. The molecule has 0 heterocycles. The van der Waals surface area contributed by atoms with E-state index < -0.39 is 6.04 Å². The fourth-order valence-electron chi connectivity index (χ4n) is 2.29. The molecule has 0 spiro atoms. The first-order valence-electron chi connectivity index (χ1n) is 11.7. The van der Waals surface area contributed by atoms with Crippen LogP contribution >= 0.6 is 0 Å². The third-order valence-electron chi connectivity index (χ3n) is 4.83. The lowest BCUT2D eigenvalue weighted by Crippen LogP contribution is -2.48. The zero-order chi connectivity index (χ0) is 25.7. The highest BCUT2D eigenvalue weighted by Crippen LogP contribution is 1.98. The molecule has 4 amide bonds. The SMILES string of the molecule is C.C.CCC(C)C(=O)NC.CCC(C)NC(=O)C(CC)NC(C)=O.CCNC(=O)C(CC)NC. The molecular formula is C25H57N5O4. The van der Waals surface area contributed by atoms with Crippen molar-refractivity contribution in [3.8, 4) is 0 Å². The minimum Gasteiger partial charge on any atom is -0.359 e. The molecule has 9 heteroatoms. The van der Waals surface area contributed by atoms with Crippen molar-refractivity contribution in [2.75, 3.05) is 20.6 Å². The van der Waals surface area contributed by atoms with Gasteiger partial charge in [-0.25, -0.2) is 0 Å². The first kappa shape index (κ1) is 42.0. The first-order chi connectivity index (χ1) is 15.0. The highest BCUT2D eigenvalue weighted by atomic mass is 16.2. The molecule has 0 aromatic rings. The summed E-state index contributed by atoms with van der Waals surface area (Å²) in [5.74, 6) is 0.119. The average molecular weight is 492 g/mol. The molecule has 4 atom stereocenters. The quantitative estimate of drug-likeness (QED) is 0.303. The molecule has 0 aliphatic rings. The van der Waals surface area contributed by atoms with Gasteiger partial charge in [-0.1, -0.05) is 49.5 Å². The topological polar surface area (TPSA) is 128 Å². The predicted molar refractivity (Wildman–Crippen MR) is 145 cm³/mol. The normalized spacial score (nSPS) is 12.6. The summed E-state index contributed by atoms with van der Waals surface area (Å²) in [6.07, 6.45) is 3.26. The van der Waals surface area contributed by atoms with Crippen LogP contribution in [0.15, 0.2) is 0 Å². The standard InChI is InChI=1S/C10H20N2O2.C7H16N2O.C6H13NO.2CH4/c1-5-7(3)11-10(14)9(6-2)12-8(4)13;1-4-6(8-3)7(10)9-5-2;1-4-5(2)6(8)7-3;;/h7,9H,5-6H2,1-4H3,(H,11,14)(H,12,13);6,8H,4-5H2,1-3H3,(H,9,10);5H,4H2,1-3H3,(H,7,8);2*1H4. The van der Waals surface area contributed by atoms with Gasteiger partial charge in [-0.2, -0.15) is 0 Å². The minimum atomic E-state index is -0.401. The Bertz CT molecular complexity index is 525. The van der Waals surface area contributed by atoms with Crippen LogP contribution in [-0.2, 0) is 19.2 Å². The van der Waals surface area contributed by atoms with Crippen molar-refractivity contribution in [3.05, 3.63) is 0 Å². The van der Waals surface area contributed by atoms with Gasteiger partial charge in [0.1, 0.15) is 6.04 Å². The van der Waals surface area contributed by atoms with E-state index in [-0.39, 0.29) is 56.5 Å². The number of likely N-dealkylation sites (N-methyl/N-ethyl adjacent to an activating group) is 2. The smallest absolute Gasteiger partial charge is 0.242 e. The third-order valence-corrected chi connectivity index (χ3v) is 4.83. The molecule has 0 aliphatic carbocycles. The lowest BCUT2D eigenvalue weighted by Gasteiger charge is -2.18. The van der Waals surface area contributed by atoms with Gasteiger partial charge in [0.15, 0.2) is 0 Å². The molecule has 34 heavy (non-hydrogen) atoms. The van der Waals surface area contributed by atoms with Crippen LogP contribution in [0.5, 0.6) is 0 Å². The highest BCUT2D eigenvalue weighted by Gasteiger charge is 2.17. The van der Waals surface area contributed by atoms with Crippen LogP contribution in [0, 0.1) is 5.92 Å². The van der Waals surface area contributed by atoms with Gasteiger partial charge in [-0.3, -0.25) is 19.2 Å². The van der Waals surface area contributed by atoms with E-state index in [1.54, 1.807) is 14.1 Å². The first-order valence-corrected chi connectivity index (χ1v) is 11.7. The van der Waals surface area contributed by atoms with E-state index in [1.807, 2.05) is 48.5 Å². The van der Waals surface area contributed by atoms with Gasteiger partial charge >= 0.3 is 0 Å². The van der Waals surface area contributed by atoms with Crippen LogP contribution in [0.25, 0.3) is 0 Å². The monoisotopic (exact) mass is 491 g/mol. The zero-order valence-electron chi connectivity index (χ0n) is 22.0. The molecule has 9 nitrogen and oxygen atoms in total. The second-order valence-corrected chi connectivity index (χ2v) is 7.55. The highest BCUT2D eigenvalue weighted by molar-refractivity contribution is 5.86. The minimum absolute atomic E-state index is 0. The number of carbonyl (C=O) groups is 4. The Morgan fingerprint density at radius 3 is 1.44 bits per heavy atom. The van der Waals surface area contributed by atoms with Crippen LogP contribution < -0.4 is 26.6 Å². The van der Waals surface area contributed by atoms with Crippen molar-refractivity contribution < 1.29 is 19.2 Å². The molecule has 4 unspecified atom stereocenters. The van der Waals surface area contributed by atoms with Gasteiger partial charge < -0.3 is 26.6 Å². The van der Waals surface area contributed by atoms with Crippen molar-refractivity contribution >= 4 is 23.6 Å². The number of hydrogen-bond donors (Lipinski definition) is 5. The van der Waals surface area contributed by atoms with Gasteiger partial charge in [-0.05, 0) is 46.6 Å². The van der Waals surface area contributed by atoms with Crippen LogP contribution in [-0.4, -0.2) is 62.4 Å². The zero-order valence-corrected chi connectivity index (χ0v) is 22.0. The Kier molecular flexibility index (Phi) is 33.5. The number of rotatable bonds is 11. The molecular weight excluding hydrogens is 434 g/mol. The van der Waals surface area contributed by atoms with Gasteiger partial charge in [0.05, 0.1) is 6.04 Å². The Labute approximate surface area is 210 Å². The molecule has 0 aromatic heterocycles. The molecule has 0 saturated carbocycles. The van der Waals surface area contributed by atoms with Crippen molar-refractivity contribution in [3.63, 3.8) is 0 Å². The second-order valence-electron chi connectivity index (χ2n) is 7.55. The maximum atomic E-state index is 11.6. The largest absolute Gasteiger partial charge is 0.359 e. The lowest BCUT2D eigenvalue weighted by molar-refractivity contribution is -0.128. The molecule has 0 fully saturated rings. The predicted octanol–water partition coefficient (Wildman–Crippen LogP) is 2.99. The van der Waals surface area contributed by atoms with Crippen LogP contribution in [0.2, 0.25) is 0 Å². The lowest BCUT2D eigenvalue weighted by atomic mass is 10.1. The maximum absolute atomic E-state index is 11.6. The van der Waals surface area contributed by atoms with Crippen molar-refractivity contribution in [2.24, 2.45) is 5.92 Å². The Balaban J connectivity index is -0.000000125. The molecule has 0 aliphatic heterocycles. The third kappa shape index (κ3) is 23.0. The van der Waals surface area contributed by atoms with E-state index >= 15 is 0 Å². The van der Waals surface area contributed by atoms with Crippen LogP contribution in [0.1, 0.15) is 95.9 Å². The van der Waals surface area contributed by atoms with Crippen molar-refractivity contribution in [2.45, 2.75) is 114 Å². The average Bonchev–Trinajstić information content (AvgIpc) is 2.77. The number of carbonyl (C=O) groups excluding carboxylic acids is 4. The van der Waals surface area contributed by atoms with Gasteiger partial charge in [-0.15, -0.1) is 0 Å². The molecule has 0 saturated heterocycles. The Morgan fingerprint density at radius 1 is 0.676 bits per heavy atom. The summed E-state index contributed by atoms with van der Waals surface area (Å²) in [7, 11) is 3.46. The van der Waals surface area contributed by atoms with E-state index in [2.05, 4.69) is 26.6 Å². The van der Waals surface area contributed by atoms with Crippen molar-refractivity contribution in [1.82, 2.24) is 26.6 Å². The number of amides is 4. The summed E-state index contributed by atoms with van der Waals surface area (Å²) < 4.78 is 0. The summed E-state index contributed by atoms with van der Waals surface area (Å²) in [5.41, 5.74) is 0. The van der Waals surface area contributed by atoms with Gasteiger partial charge in [0.2, 0.25) is 23.6 Å². The van der Waals surface area contributed by atoms with Crippen LogP contribution in [0.3, 0.4) is 0 Å². The molecule has 0 radical (unpaired) electrons. The summed E-state index contributed by atoms with van der Waals surface area (Å²) in [6, 6.07) is -0.272. The van der Waals surface area contributed by atoms with Gasteiger partial charge in [0.25, 0.3) is 0 Å². The molecule has 0 rings (SSSR count). The van der Waals surface area contributed by atoms with Gasteiger partial charge in [0, 0.05) is 32.5 Å². The fraction of sp³-hybridized carbons (Fsp3) is 0.840. The molecule has 206 valence electrons. The van der Waals surface area contributed by atoms with E-state index in [9.17, 15) is 19.2 Å². The Morgan fingerprint density at radius 2 is 1.18 bits per heavy atom. The molecule has 5 N–H and O–H groups in total. The molecule has 0 bridgehead atoms. The summed E-state index contributed by atoms with van der Waals surface area (Å²) in [6.45, 7) is 15.8. The second kappa shape index (κ2) is 27.1. The van der Waals surface area contributed by atoms with E-state index in [0.29, 0.717) is 13.0 Å². The Hall–Kier alpha value is -2.16. The van der Waals surface area contributed by atoms with Crippen LogP contribution in [0.4, 0.5) is 0 Å². The maximum Gasteiger partial charge on any atom is 0.242 e. The van der Waals surface area contributed by atoms with Crippen molar-refractivity contribution in [1.29, 1.82) is 0 Å². The van der Waals surface area contributed by atoms with E-state index in [1.165, 1.54) is 6.92 Å². The summed E-state index contributed by atoms with van der Waals surface area (Å²) >= 11 is 0. The number of hydrogen-bond acceptors (Lipinski definition) is 5. The summed E-state index contributed by atoms with van der Waals surface area (Å²) in [4.78, 5) is 44.0. The fourth-order valence-corrected chi connectivity index (χ4v) is 2.29.